The third-order valence-corrected chi connectivity index (χ3v) is 4.41. The molecule has 1 aromatic rings. The molecule has 1 heterocycles. The molecule has 3 nitrogen and oxygen atoms in total. The van der Waals surface area contributed by atoms with Gasteiger partial charge >= 0.3 is 0 Å². The SMILES string of the molecule is CCC(CC)C(NC(=O)C1CCNC1)c1ccccc1.Cl. The molecule has 118 valence electrons. The van der Waals surface area contributed by atoms with Gasteiger partial charge in [0.2, 0.25) is 5.91 Å². The van der Waals surface area contributed by atoms with Crippen molar-refractivity contribution in [3.63, 3.8) is 0 Å². The zero-order valence-corrected chi connectivity index (χ0v) is 13.8. The standard InChI is InChI=1S/C17H26N2O.ClH/c1-3-13(4-2)16(14-8-6-5-7-9-14)19-17(20)15-10-11-18-12-15;/h5-9,13,15-16,18H,3-4,10-12H2,1-2H3,(H,19,20);1H. The highest BCUT2D eigenvalue weighted by Gasteiger charge is 2.27. The fourth-order valence-corrected chi connectivity index (χ4v) is 3.04. The maximum absolute atomic E-state index is 12.4. The molecule has 0 radical (unpaired) electrons. The summed E-state index contributed by atoms with van der Waals surface area (Å²) in [5.41, 5.74) is 1.22. The minimum atomic E-state index is 0. The van der Waals surface area contributed by atoms with Crippen molar-refractivity contribution < 1.29 is 4.79 Å². The van der Waals surface area contributed by atoms with E-state index in [0.29, 0.717) is 5.92 Å². The Balaban J connectivity index is 0.00000220. The first-order valence-corrected chi connectivity index (χ1v) is 7.82. The Morgan fingerprint density at radius 2 is 1.95 bits per heavy atom. The number of amides is 1. The number of halogens is 1. The van der Waals surface area contributed by atoms with E-state index in [-0.39, 0.29) is 30.3 Å². The van der Waals surface area contributed by atoms with Crippen molar-refractivity contribution in [1.29, 1.82) is 0 Å². The predicted octanol–water partition coefficient (Wildman–Crippen LogP) is 3.31. The molecule has 2 unspecified atom stereocenters. The van der Waals surface area contributed by atoms with E-state index >= 15 is 0 Å². The molecule has 1 fully saturated rings. The third kappa shape index (κ3) is 4.72. The molecule has 2 N–H and O–H groups in total. The lowest BCUT2D eigenvalue weighted by Gasteiger charge is -2.28. The molecule has 2 rings (SSSR count). The summed E-state index contributed by atoms with van der Waals surface area (Å²) in [5, 5.41) is 6.56. The summed E-state index contributed by atoms with van der Waals surface area (Å²) in [5.74, 6) is 0.835. The van der Waals surface area contributed by atoms with Gasteiger partial charge in [-0.1, -0.05) is 57.0 Å². The molecule has 0 saturated carbocycles. The molecular formula is C17H27ClN2O. The topological polar surface area (TPSA) is 41.1 Å². The van der Waals surface area contributed by atoms with Gasteiger partial charge in [-0.05, 0) is 24.4 Å². The average Bonchev–Trinajstić information content (AvgIpc) is 3.02. The molecule has 0 aromatic heterocycles. The van der Waals surface area contributed by atoms with Gasteiger partial charge in [-0.25, -0.2) is 0 Å². The summed E-state index contributed by atoms with van der Waals surface area (Å²) in [6, 6.07) is 10.5. The van der Waals surface area contributed by atoms with Gasteiger partial charge in [0.1, 0.15) is 0 Å². The summed E-state index contributed by atoms with van der Waals surface area (Å²) in [6.07, 6.45) is 3.12. The van der Waals surface area contributed by atoms with Crippen molar-refractivity contribution in [3.8, 4) is 0 Å². The first kappa shape index (κ1) is 18.0. The van der Waals surface area contributed by atoms with E-state index in [1.54, 1.807) is 0 Å². The molecular weight excluding hydrogens is 284 g/mol. The zero-order valence-electron chi connectivity index (χ0n) is 13.0. The minimum absolute atomic E-state index is 0. The summed E-state index contributed by atoms with van der Waals surface area (Å²) in [7, 11) is 0. The normalized spacial score (nSPS) is 19.1. The predicted molar refractivity (Wildman–Crippen MR) is 89.6 cm³/mol. The van der Waals surface area contributed by atoms with E-state index in [2.05, 4.69) is 36.6 Å². The van der Waals surface area contributed by atoms with E-state index in [0.717, 1.165) is 32.4 Å². The van der Waals surface area contributed by atoms with E-state index in [1.807, 2.05) is 18.2 Å². The Morgan fingerprint density at radius 3 is 2.48 bits per heavy atom. The quantitative estimate of drug-likeness (QED) is 0.846. The zero-order chi connectivity index (χ0) is 14.4. The number of carbonyl (C=O) groups is 1. The first-order chi connectivity index (χ1) is 9.76. The molecule has 1 aromatic carbocycles. The highest BCUT2D eigenvalue weighted by atomic mass is 35.5. The Kier molecular flexibility index (Phi) is 7.76. The van der Waals surface area contributed by atoms with Crippen molar-refractivity contribution in [2.24, 2.45) is 11.8 Å². The fraction of sp³-hybridized carbons (Fsp3) is 0.588. The lowest BCUT2D eigenvalue weighted by atomic mass is 9.88. The molecule has 1 aliphatic heterocycles. The van der Waals surface area contributed by atoms with Gasteiger partial charge in [0.25, 0.3) is 0 Å². The van der Waals surface area contributed by atoms with E-state index in [4.69, 9.17) is 0 Å². The Labute approximate surface area is 134 Å². The van der Waals surface area contributed by atoms with Crippen LogP contribution in [0, 0.1) is 11.8 Å². The fourth-order valence-electron chi connectivity index (χ4n) is 3.04. The summed E-state index contributed by atoms with van der Waals surface area (Å²) in [6.45, 7) is 6.18. The van der Waals surface area contributed by atoms with E-state index in [1.165, 1.54) is 5.56 Å². The molecule has 1 amide bonds. The minimum Gasteiger partial charge on any atom is -0.349 e. The molecule has 0 spiro atoms. The molecule has 0 bridgehead atoms. The average molecular weight is 311 g/mol. The number of nitrogens with one attached hydrogen (secondary N) is 2. The Morgan fingerprint density at radius 1 is 1.29 bits per heavy atom. The number of rotatable bonds is 6. The van der Waals surface area contributed by atoms with Crippen LogP contribution in [-0.4, -0.2) is 19.0 Å². The van der Waals surface area contributed by atoms with Crippen molar-refractivity contribution >= 4 is 18.3 Å². The van der Waals surface area contributed by atoms with Gasteiger partial charge in [-0.15, -0.1) is 12.4 Å². The van der Waals surface area contributed by atoms with Crippen LogP contribution >= 0.6 is 12.4 Å². The number of carbonyl (C=O) groups excluding carboxylic acids is 1. The van der Waals surface area contributed by atoms with Gasteiger partial charge < -0.3 is 10.6 Å². The summed E-state index contributed by atoms with van der Waals surface area (Å²) >= 11 is 0. The number of benzene rings is 1. The third-order valence-electron chi connectivity index (χ3n) is 4.41. The lowest BCUT2D eigenvalue weighted by Crippen LogP contribution is -2.38. The highest BCUT2D eigenvalue weighted by molar-refractivity contribution is 5.85. The molecule has 2 atom stereocenters. The summed E-state index contributed by atoms with van der Waals surface area (Å²) in [4.78, 5) is 12.4. The van der Waals surface area contributed by atoms with E-state index in [9.17, 15) is 4.79 Å². The maximum Gasteiger partial charge on any atom is 0.224 e. The van der Waals surface area contributed by atoms with Crippen LogP contribution in [0.2, 0.25) is 0 Å². The number of hydrogen-bond donors (Lipinski definition) is 2. The molecule has 4 heteroatoms. The monoisotopic (exact) mass is 310 g/mol. The van der Waals surface area contributed by atoms with Crippen LogP contribution in [0.1, 0.15) is 44.7 Å². The maximum atomic E-state index is 12.4. The van der Waals surface area contributed by atoms with E-state index < -0.39 is 0 Å². The van der Waals surface area contributed by atoms with Gasteiger partial charge in [0.15, 0.2) is 0 Å². The molecule has 0 aliphatic carbocycles. The molecule has 21 heavy (non-hydrogen) atoms. The Bertz CT molecular complexity index is 414. The Hall–Kier alpha value is -1.06. The van der Waals surface area contributed by atoms with Gasteiger partial charge in [-0.2, -0.15) is 0 Å². The lowest BCUT2D eigenvalue weighted by molar-refractivity contribution is -0.125. The van der Waals surface area contributed by atoms with Crippen molar-refractivity contribution in [2.45, 2.75) is 39.2 Å². The van der Waals surface area contributed by atoms with Gasteiger partial charge in [0, 0.05) is 6.54 Å². The summed E-state index contributed by atoms with van der Waals surface area (Å²) < 4.78 is 0. The smallest absolute Gasteiger partial charge is 0.224 e. The van der Waals surface area contributed by atoms with Crippen LogP contribution in [0.15, 0.2) is 30.3 Å². The second kappa shape index (κ2) is 9.06. The van der Waals surface area contributed by atoms with Crippen LogP contribution in [0.4, 0.5) is 0 Å². The van der Waals surface area contributed by atoms with Crippen molar-refractivity contribution in [1.82, 2.24) is 10.6 Å². The van der Waals surface area contributed by atoms with Crippen LogP contribution in [-0.2, 0) is 4.79 Å². The van der Waals surface area contributed by atoms with Crippen LogP contribution in [0.5, 0.6) is 0 Å². The highest BCUT2D eigenvalue weighted by Crippen LogP contribution is 2.28. The second-order valence-corrected chi connectivity index (χ2v) is 5.66. The molecule has 1 aliphatic rings. The largest absolute Gasteiger partial charge is 0.349 e. The first-order valence-electron chi connectivity index (χ1n) is 7.82. The van der Waals surface area contributed by atoms with Crippen molar-refractivity contribution in [2.75, 3.05) is 13.1 Å². The van der Waals surface area contributed by atoms with Crippen molar-refractivity contribution in [3.05, 3.63) is 35.9 Å². The van der Waals surface area contributed by atoms with Gasteiger partial charge in [-0.3, -0.25) is 4.79 Å². The molecule has 1 saturated heterocycles. The van der Waals surface area contributed by atoms with Crippen LogP contribution in [0.25, 0.3) is 0 Å². The van der Waals surface area contributed by atoms with Crippen LogP contribution in [0.3, 0.4) is 0 Å². The van der Waals surface area contributed by atoms with Crippen LogP contribution < -0.4 is 10.6 Å². The van der Waals surface area contributed by atoms with Gasteiger partial charge in [0.05, 0.1) is 12.0 Å². The second-order valence-electron chi connectivity index (χ2n) is 5.66. The number of hydrogen-bond acceptors (Lipinski definition) is 2.